The Bertz CT molecular complexity index is 1290. The molecule has 0 amide bonds. The van der Waals surface area contributed by atoms with E-state index in [1.54, 1.807) is 41.5 Å². The van der Waals surface area contributed by atoms with Gasteiger partial charge in [0.25, 0.3) is 0 Å². The lowest BCUT2D eigenvalue weighted by molar-refractivity contribution is -0.167. The molecule has 12 nitrogen and oxygen atoms in total. The highest BCUT2D eigenvalue weighted by atomic mass is 16.4. The third kappa shape index (κ3) is 6.86. The van der Waals surface area contributed by atoms with E-state index in [4.69, 9.17) is 0 Å². The monoisotopic (exact) mass is 674 g/mol. The lowest BCUT2D eigenvalue weighted by Crippen LogP contribution is -2.61. The van der Waals surface area contributed by atoms with Crippen molar-refractivity contribution in [3.63, 3.8) is 0 Å². The number of carboxylic acids is 2. The Kier molecular flexibility index (Phi) is 11.3. The average molecular weight is 675 g/mol. The average Bonchev–Trinajstić information content (AvgIpc) is 2.95. The van der Waals surface area contributed by atoms with E-state index in [9.17, 15) is 59.4 Å². The van der Waals surface area contributed by atoms with Gasteiger partial charge in [0.15, 0.2) is 23.1 Å². The summed E-state index contributed by atoms with van der Waals surface area (Å²) >= 11 is 0. The maximum absolute atomic E-state index is 14.2. The largest absolute Gasteiger partial charge is 0.481 e. The lowest BCUT2D eigenvalue weighted by atomic mass is 9.54. The number of rotatable bonds is 11. The molecule has 4 aliphatic rings. The highest BCUT2D eigenvalue weighted by Crippen LogP contribution is 2.51. The van der Waals surface area contributed by atoms with Gasteiger partial charge in [0.1, 0.15) is 0 Å². The van der Waals surface area contributed by atoms with Crippen molar-refractivity contribution in [2.24, 2.45) is 71.0 Å². The number of aliphatic hydroxyl groups is 4. The van der Waals surface area contributed by atoms with Crippen molar-refractivity contribution in [1.82, 2.24) is 0 Å². The minimum Gasteiger partial charge on any atom is -0.481 e. The van der Waals surface area contributed by atoms with E-state index in [0.29, 0.717) is 0 Å². The molecule has 4 rings (SSSR count). The Labute approximate surface area is 280 Å². The summed E-state index contributed by atoms with van der Waals surface area (Å²) < 4.78 is 0. The van der Waals surface area contributed by atoms with E-state index in [0.717, 1.165) is 12.2 Å². The molecule has 0 bridgehead atoms. The molecular formula is C36H50O12. The number of carbonyl (C=O) groups excluding carboxylic acids is 4. The van der Waals surface area contributed by atoms with Gasteiger partial charge in [-0.1, -0.05) is 41.5 Å². The molecule has 14 atom stereocenters. The Morgan fingerprint density at radius 2 is 0.875 bits per heavy atom. The van der Waals surface area contributed by atoms with Crippen molar-refractivity contribution in [1.29, 1.82) is 0 Å². The van der Waals surface area contributed by atoms with E-state index < -0.39 is 107 Å². The van der Waals surface area contributed by atoms with Crippen molar-refractivity contribution < 1.29 is 59.4 Å². The van der Waals surface area contributed by atoms with Gasteiger partial charge in [-0.25, -0.2) is 0 Å². The molecule has 0 aromatic rings. The first kappa shape index (κ1) is 37.8. The molecule has 0 spiro atoms. The Hall–Kier alpha value is -3.06. The highest BCUT2D eigenvalue weighted by molar-refractivity contribution is 6.24. The maximum Gasteiger partial charge on any atom is 0.303 e. The highest BCUT2D eigenvalue weighted by Gasteiger charge is 2.60. The fourth-order valence-corrected chi connectivity index (χ4v) is 9.61. The molecular weight excluding hydrogens is 624 g/mol. The van der Waals surface area contributed by atoms with E-state index in [1.807, 2.05) is 0 Å². The van der Waals surface area contributed by atoms with Crippen LogP contribution in [-0.4, -0.2) is 90.1 Å². The van der Waals surface area contributed by atoms with Crippen LogP contribution in [0.4, 0.5) is 0 Å². The first-order valence-corrected chi connectivity index (χ1v) is 17.1. The van der Waals surface area contributed by atoms with Crippen molar-refractivity contribution in [2.45, 2.75) is 91.6 Å². The Morgan fingerprint density at radius 3 is 1.15 bits per heavy atom. The van der Waals surface area contributed by atoms with E-state index >= 15 is 0 Å². The second-order valence-corrected chi connectivity index (χ2v) is 15.6. The molecule has 0 aromatic heterocycles. The van der Waals surface area contributed by atoms with Crippen LogP contribution in [0.5, 0.6) is 0 Å². The summed E-state index contributed by atoms with van der Waals surface area (Å²) in [6, 6.07) is 0. The third-order valence-corrected chi connectivity index (χ3v) is 11.5. The molecule has 0 aromatic carbocycles. The molecule has 2 fully saturated rings. The zero-order valence-corrected chi connectivity index (χ0v) is 28.4. The number of ketones is 4. The molecule has 12 heteroatoms. The summed E-state index contributed by atoms with van der Waals surface area (Å²) in [7, 11) is 0. The molecule has 0 radical (unpaired) electrons. The van der Waals surface area contributed by atoms with Gasteiger partial charge >= 0.3 is 11.9 Å². The normalized spacial score (nSPS) is 38.2. The standard InChI is InChI=1S/C36H50O12/c1-13(2)25-19(7-15(5)9-23(39)40)33(45)27-21(37)11-17(31(43)29(27)35(25)47)18-12-22(38)28-30(32(18)44)36(48)26(14(3)4)20(34(28)46)8-16(6)10-24(41)42/h11-16,19-20,25-30,33-36,45-48H,7-10H2,1-6H3,(H,39,40)(H,41,42). The quantitative estimate of drug-likeness (QED) is 0.185. The maximum atomic E-state index is 14.2. The second kappa shape index (κ2) is 14.4. The molecule has 2 saturated carbocycles. The molecule has 6 N–H and O–H groups in total. The van der Waals surface area contributed by atoms with Gasteiger partial charge in [0.2, 0.25) is 0 Å². The molecule has 266 valence electrons. The predicted molar refractivity (Wildman–Crippen MR) is 170 cm³/mol. The van der Waals surface area contributed by atoms with Crippen LogP contribution in [0.25, 0.3) is 0 Å². The molecule has 48 heavy (non-hydrogen) atoms. The van der Waals surface area contributed by atoms with E-state index in [1.165, 1.54) is 0 Å². The number of aliphatic carboxylic acids is 2. The SMILES string of the molecule is CC(CC(=O)O)CC1C(O)C2C(=O)C=C(C3=CC(=O)C4C(O)C(CC(C)CC(=O)O)C(C(C)C)C(O)C4C3=O)C(=O)C2C(O)C1C(C)C. The van der Waals surface area contributed by atoms with E-state index in [-0.39, 0.29) is 60.5 Å². The lowest BCUT2D eigenvalue weighted by Gasteiger charge is -2.51. The predicted octanol–water partition coefficient (Wildman–Crippen LogP) is 1.86. The summed E-state index contributed by atoms with van der Waals surface area (Å²) in [6.45, 7) is 10.6. The number of carboxylic acid groups (broad SMARTS) is 2. The first-order valence-electron chi connectivity index (χ1n) is 17.1. The van der Waals surface area contributed by atoms with Crippen molar-refractivity contribution in [2.75, 3.05) is 0 Å². The summed E-state index contributed by atoms with van der Waals surface area (Å²) in [5.41, 5.74) is -0.769. The first-order chi connectivity index (χ1) is 22.3. The minimum absolute atomic E-state index is 0.179. The van der Waals surface area contributed by atoms with Crippen LogP contribution in [0.3, 0.4) is 0 Å². The summed E-state index contributed by atoms with van der Waals surface area (Å²) in [5.74, 6) is -14.6. The number of carbonyl (C=O) groups is 6. The van der Waals surface area contributed by atoms with Gasteiger partial charge in [-0.15, -0.1) is 0 Å². The summed E-state index contributed by atoms with van der Waals surface area (Å²) in [6.07, 6.45) is -3.69. The minimum atomic E-state index is -1.42. The molecule has 0 heterocycles. The van der Waals surface area contributed by atoms with E-state index in [2.05, 4.69) is 0 Å². The van der Waals surface area contributed by atoms with Crippen molar-refractivity contribution in [3.05, 3.63) is 23.3 Å². The second-order valence-electron chi connectivity index (χ2n) is 15.6. The van der Waals surface area contributed by atoms with Gasteiger partial charge in [0, 0.05) is 24.0 Å². The summed E-state index contributed by atoms with van der Waals surface area (Å²) in [4.78, 5) is 78.3. The number of hydrogen-bond donors (Lipinski definition) is 6. The molecule has 0 aliphatic heterocycles. The van der Waals surface area contributed by atoms with Crippen molar-refractivity contribution >= 4 is 35.1 Å². The molecule has 4 aliphatic carbocycles. The van der Waals surface area contributed by atoms with Crippen LogP contribution >= 0.6 is 0 Å². The fraction of sp³-hybridized carbons (Fsp3) is 0.722. The van der Waals surface area contributed by atoms with Crippen LogP contribution in [0, 0.1) is 71.0 Å². The van der Waals surface area contributed by atoms with Crippen LogP contribution in [0.15, 0.2) is 23.3 Å². The zero-order chi connectivity index (χ0) is 36.1. The van der Waals surface area contributed by atoms with Crippen LogP contribution in [0.1, 0.15) is 67.2 Å². The fourth-order valence-electron chi connectivity index (χ4n) is 9.61. The van der Waals surface area contributed by atoms with Crippen LogP contribution < -0.4 is 0 Å². The number of allylic oxidation sites excluding steroid dienone is 4. The summed E-state index contributed by atoms with van der Waals surface area (Å²) in [5, 5.41) is 64.8. The topological polar surface area (TPSA) is 224 Å². The van der Waals surface area contributed by atoms with Crippen molar-refractivity contribution in [3.8, 4) is 0 Å². The number of hydrogen-bond acceptors (Lipinski definition) is 10. The Morgan fingerprint density at radius 1 is 0.562 bits per heavy atom. The Balaban J connectivity index is 1.71. The van der Waals surface area contributed by atoms with Crippen LogP contribution in [0.2, 0.25) is 0 Å². The smallest absolute Gasteiger partial charge is 0.303 e. The number of aliphatic hydroxyl groups excluding tert-OH is 4. The van der Waals surface area contributed by atoms with Gasteiger partial charge in [0.05, 0.1) is 48.1 Å². The van der Waals surface area contributed by atoms with Gasteiger partial charge in [-0.3, -0.25) is 28.8 Å². The number of fused-ring (bicyclic) bond motifs is 2. The van der Waals surface area contributed by atoms with Gasteiger partial charge in [-0.2, -0.15) is 0 Å². The third-order valence-electron chi connectivity index (χ3n) is 11.5. The zero-order valence-electron chi connectivity index (χ0n) is 28.4. The van der Waals surface area contributed by atoms with Crippen LogP contribution in [-0.2, 0) is 28.8 Å². The number of Topliss-reactive ketones (excluding diaryl/α,β-unsaturated/α-hetero) is 2. The van der Waals surface area contributed by atoms with Gasteiger partial charge in [-0.05, 0) is 72.3 Å². The molecule has 0 saturated heterocycles. The molecule has 14 unspecified atom stereocenters. The van der Waals surface area contributed by atoms with Gasteiger partial charge < -0.3 is 30.6 Å².